The first-order chi connectivity index (χ1) is 14.8. The van der Waals surface area contributed by atoms with Crippen LogP contribution in [0.25, 0.3) is 5.69 Å². The largest absolute Gasteiger partial charge is 0.497 e. The third kappa shape index (κ3) is 3.81. The Balaban J connectivity index is 1.23. The second kappa shape index (κ2) is 8.29. The molecule has 3 heterocycles. The van der Waals surface area contributed by atoms with Crippen LogP contribution < -0.4 is 14.4 Å². The van der Waals surface area contributed by atoms with E-state index in [0.29, 0.717) is 32.3 Å². The number of anilines is 1. The molecule has 0 saturated carbocycles. The number of para-hydroxylation sites is 1. The molecule has 156 valence electrons. The van der Waals surface area contributed by atoms with Gasteiger partial charge in [0.15, 0.2) is 0 Å². The highest BCUT2D eigenvalue weighted by Gasteiger charge is 2.39. The van der Waals surface area contributed by atoms with Crippen LogP contribution in [0.3, 0.4) is 0 Å². The van der Waals surface area contributed by atoms with Crippen LogP contribution in [-0.2, 0) is 9.47 Å². The Bertz CT molecular complexity index is 966. The summed E-state index contributed by atoms with van der Waals surface area (Å²) in [6, 6.07) is 17.4. The van der Waals surface area contributed by atoms with Crippen molar-refractivity contribution in [3.8, 4) is 17.2 Å². The van der Waals surface area contributed by atoms with E-state index in [-0.39, 0.29) is 18.3 Å². The average Bonchev–Trinajstić information content (AvgIpc) is 3.39. The van der Waals surface area contributed by atoms with E-state index in [1.807, 2.05) is 54.6 Å². The molecule has 9 heteroatoms. The lowest BCUT2D eigenvalue weighted by Gasteiger charge is -2.20. The minimum atomic E-state index is -0.175. The number of rotatable bonds is 5. The molecule has 0 radical (unpaired) electrons. The van der Waals surface area contributed by atoms with E-state index in [4.69, 9.17) is 18.9 Å². The summed E-state index contributed by atoms with van der Waals surface area (Å²) in [5, 5.41) is 12.2. The van der Waals surface area contributed by atoms with Crippen LogP contribution in [0.4, 0.5) is 5.95 Å². The maximum absolute atomic E-state index is 6.14. The van der Waals surface area contributed by atoms with Crippen molar-refractivity contribution >= 4 is 5.95 Å². The van der Waals surface area contributed by atoms with Gasteiger partial charge in [-0.25, -0.2) is 0 Å². The Kier molecular flexibility index (Phi) is 5.20. The molecule has 2 aliphatic rings. The van der Waals surface area contributed by atoms with Crippen molar-refractivity contribution in [3.63, 3.8) is 0 Å². The van der Waals surface area contributed by atoms with E-state index in [2.05, 4.69) is 20.4 Å². The summed E-state index contributed by atoms with van der Waals surface area (Å²) >= 11 is 0. The molecule has 0 aliphatic carbocycles. The highest BCUT2D eigenvalue weighted by molar-refractivity contribution is 5.42. The molecule has 1 aromatic heterocycles. The van der Waals surface area contributed by atoms with Crippen molar-refractivity contribution in [2.45, 2.75) is 18.3 Å². The summed E-state index contributed by atoms with van der Waals surface area (Å²) in [5.74, 6) is 2.18. The third-order valence-electron chi connectivity index (χ3n) is 5.29. The van der Waals surface area contributed by atoms with Gasteiger partial charge in [0, 0.05) is 19.2 Å². The molecule has 30 heavy (non-hydrogen) atoms. The number of fused-ring (bicyclic) bond motifs is 1. The van der Waals surface area contributed by atoms with Gasteiger partial charge in [-0.05, 0) is 34.7 Å². The van der Waals surface area contributed by atoms with Crippen LogP contribution in [0.5, 0.6) is 11.5 Å². The standard InChI is InChI=1S/C21H23N5O4/c1-27-16-8-5-9-17(10-16)30-18-13-28-19-11-25(12-20(19)29-14-18)21-22-23-24-26(21)15-6-3-2-4-7-15/h2-10,18-20H,11-14H2,1H3/t19-,20-/m0/s1. The number of benzene rings is 2. The molecule has 0 N–H and O–H groups in total. The van der Waals surface area contributed by atoms with Gasteiger partial charge in [-0.15, -0.1) is 0 Å². The molecule has 2 saturated heterocycles. The molecule has 9 nitrogen and oxygen atoms in total. The summed E-state index contributed by atoms with van der Waals surface area (Å²) in [7, 11) is 1.64. The molecular formula is C21H23N5O4. The highest BCUT2D eigenvalue weighted by atomic mass is 16.6. The minimum Gasteiger partial charge on any atom is -0.497 e. The summed E-state index contributed by atoms with van der Waals surface area (Å²) < 4.78 is 25.3. The zero-order chi connectivity index (χ0) is 20.3. The molecule has 0 spiro atoms. The van der Waals surface area contributed by atoms with Crippen molar-refractivity contribution < 1.29 is 18.9 Å². The number of aromatic nitrogens is 4. The predicted octanol–water partition coefficient (Wildman–Crippen LogP) is 1.72. The van der Waals surface area contributed by atoms with Crippen molar-refractivity contribution in [3.05, 3.63) is 54.6 Å². The summed E-state index contributed by atoms with van der Waals surface area (Å²) in [4.78, 5) is 2.10. The fourth-order valence-electron chi connectivity index (χ4n) is 3.79. The van der Waals surface area contributed by atoms with Crippen molar-refractivity contribution in [1.82, 2.24) is 20.2 Å². The monoisotopic (exact) mass is 409 g/mol. The Labute approximate surface area is 174 Å². The maximum atomic E-state index is 6.14. The first-order valence-corrected chi connectivity index (χ1v) is 9.93. The maximum Gasteiger partial charge on any atom is 0.250 e. The van der Waals surface area contributed by atoms with Gasteiger partial charge in [0.2, 0.25) is 0 Å². The van der Waals surface area contributed by atoms with Crippen LogP contribution in [0.15, 0.2) is 54.6 Å². The Morgan fingerprint density at radius 1 is 0.933 bits per heavy atom. The highest BCUT2D eigenvalue weighted by Crippen LogP contribution is 2.27. The van der Waals surface area contributed by atoms with E-state index >= 15 is 0 Å². The van der Waals surface area contributed by atoms with Crippen LogP contribution in [0.2, 0.25) is 0 Å². The van der Waals surface area contributed by atoms with Crippen LogP contribution in [0, 0.1) is 0 Å². The molecule has 5 rings (SSSR count). The van der Waals surface area contributed by atoms with Gasteiger partial charge in [0.25, 0.3) is 5.95 Å². The number of methoxy groups -OCH3 is 1. The molecule has 3 aromatic rings. The second-order valence-corrected chi connectivity index (χ2v) is 7.29. The van der Waals surface area contributed by atoms with Crippen LogP contribution >= 0.6 is 0 Å². The number of nitrogens with zero attached hydrogens (tertiary/aromatic N) is 5. The number of tetrazole rings is 1. The fourth-order valence-corrected chi connectivity index (χ4v) is 3.79. The lowest BCUT2D eigenvalue weighted by Crippen LogP contribution is -2.30. The first-order valence-electron chi connectivity index (χ1n) is 9.93. The van der Waals surface area contributed by atoms with Gasteiger partial charge < -0.3 is 23.8 Å². The van der Waals surface area contributed by atoms with Gasteiger partial charge in [0.05, 0.1) is 26.0 Å². The topological polar surface area (TPSA) is 83.8 Å². The van der Waals surface area contributed by atoms with Crippen molar-refractivity contribution in [2.75, 3.05) is 38.3 Å². The van der Waals surface area contributed by atoms with E-state index in [0.717, 1.165) is 17.2 Å². The van der Waals surface area contributed by atoms with Gasteiger partial charge in [0.1, 0.15) is 29.8 Å². The number of ether oxygens (including phenoxy) is 4. The Morgan fingerprint density at radius 2 is 1.67 bits per heavy atom. The van der Waals surface area contributed by atoms with E-state index in [1.54, 1.807) is 11.8 Å². The second-order valence-electron chi connectivity index (χ2n) is 7.29. The van der Waals surface area contributed by atoms with E-state index in [1.165, 1.54) is 0 Å². The number of hydrogen-bond donors (Lipinski definition) is 0. The molecule has 2 aliphatic heterocycles. The zero-order valence-electron chi connectivity index (χ0n) is 16.6. The predicted molar refractivity (Wildman–Crippen MR) is 108 cm³/mol. The smallest absolute Gasteiger partial charge is 0.250 e. The molecule has 0 amide bonds. The fraction of sp³-hybridized carbons (Fsp3) is 0.381. The molecule has 2 atom stereocenters. The zero-order valence-corrected chi connectivity index (χ0v) is 16.6. The van der Waals surface area contributed by atoms with Crippen molar-refractivity contribution in [1.29, 1.82) is 0 Å². The average molecular weight is 409 g/mol. The summed E-state index contributed by atoms with van der Waals surface area (Å²) in [6.07, 6.45) is -0.305. The summed E-state index contributed by atoms with van der Waals surface area (Å²) in [6.45, 7) is 2.22. The van der Waals surface area contributed by atoms with E-state index in [9.17, 15) is 0 Å². The van der Waals surface area contributed by atoms with Gasteiger partial charge in [-0.2, -0.15) is 4.68 Å². The Morgan fingerprint density at radius 3 is 2.40 bits per heavy atom. The summed E-state index contributed by atoms with van der Waals surface area (Å²) in [5.41, 5.74) is 0.915. The van der Waals surface area contributed by atoms with Gasteiger partial charge in [-0.3, -0.25) is 0 Å². The molecule has 0 bridgehead atoms. The quantitative estimate of drug-likeness (QED) is 0.630. The van der Waals surface area contributed by atoms with Gasteiger partial charge >= 0.3 is 0 Å². The normalized spacial score (nSPS) is 21.8. The Hall–Kier alpha value is -3.17. The van der Waals surface area contributed by atoms with Crippen LogP contribution in [-0.4, -0.2) is 71.9 Å². The third-order valence-corrected chi connectivity index (χ3v) is 5.29. The number of hydrogen-bond acceptors (Lipinski definition) is 8. The lowest BCUT2D eigenvalue weighted by atomic mass is 10.3. The van der Waals surface area contributed by atoms with E-state index < -0.39 is 0 Å². The SMILES string of the molecule is COc1cccc(OC2CO[C@H]3CN(c4nnnn4-c4ccccc4)C[C@@H]3OC2)c1. The first kappa shape index (κ1) is 18.8. The molecule has 0 unspecified atom stereocenters. The molecule has 2 fully saturated rings. The molecule has 2 aromatic carbocycles. The van der Waals surface area contributed by atoms with Crippen LogP contribution in [0.1, 0.15) is 0 Å². The van der Waals surface area contributed by atoms with Gasteiger partial charge in [-0.1, -0.05) is 29.4 Å². The molecular weight excluding hydrogens is 386 g/mol. The van der Waals surface area contributed by atoms with Crippen molar-refractivity contribution in [2.24, 2.45) is 0 Å². The lowest BCUT2D eigenvalue weighted by molar-refractivity contribution is -0.00461. The minimum absolute atomic E-state index is 0.0650.